The normalized spacial score (nSPS) is 10.1. The average molecular weight is 354 g/mol. The van der Waals surface area contributed by atoms with Gasteiger partial charge in [-0.3, -0.25) is 0 Å². The van der Waals surface area contributed by atoms with E-state index in [2.05, 4.69) is 30.6 Å². The van der Waals surface area contributed by atoms with Gasteiger partial charge < -0.3 is 24.8 Å². The molecule has 26 heavy (non-hydrogen) atoms. The number of hydrogen-bond donors (Lipinski definition) is 2. The fraction of sp³-hybridized carbons (Fsp3) is 0.176. The maximum absolute atomic E-state index is 5.35. The summed E-state index contributed by atoms with van der Waals surface area (Å²) in [5.74, 6) is 3.18. The van der Waals surface area contributed by atoms with Crippen molar-refractivity contribution in [3.63, 3.8) is 0 Å². The molecule has 0 aliphatic carbocycles. The molecule has 9 nitrogen and oxygen atoms in total. The molecule has 2 heterocycles. The molecular weight excluding hydrogens is 336 g/mol. The van der Waals surface area contributed by atoms with E-state index in [1.165, 1.54) is 6.33 Å². The fourth-order valence-electron chi connectivity index (χ4n) is 2.27. The van der Waals surface area contributed by atoms with Gasteiger partial charge in [0, 0.05) is 36.3 Å². The van der Waals surface area contributed by atoms with Gasteiger partial charge in [0.1, 0.15) is 18.0 Å². The zero-order valence-corrected chi connectivity index (χ0v) is 14.6. The van der Waals surface area contributed by atoms with E-state index >= 15 is 0 Å². The van der Waals surface area contributed by atoms with Gasteiger partial charge in [0.2, 0.25) is 11.7 Å². The zero-order valence-electron chi connectivity index (χ0n) is 14.6. The third-order valence-electron chi connectivity index (χ3n) is 3.41. The monoisotopic (exact) mass is 354 g/mol. The second-order valence-corrected chi connectivity index (χ2v) is 5.02. The Morgan fingerprint density at radius 3 is 1.92 bits per heavy atom. The third kappa shape index (κ3) is 3.89. The number of nitrogens with one attached hydrogen (secondary N) is 2. The summed E-state index contributed by atoms with van der Waals surface area (Å²) in [5.41, 5.74) is 0.722. The van der Waals surface area contributed by atoms with Crippen LogP contribution in [0.25, 0.3) is 0 Å². The van der Waals surface area contributed by atoms with Crippen molar-refractivity contribution >= 4 is 23.3 Å². The van der Waals surface area contributed by atoms with Crippen molar-refractivity contribution in [2.24, 2.45) is 0 Å². The van der Waals surface area contributed by atoms with Crippen molar-refractivity contribution in [1.29, 1.82) is 0 Å². The molecule has 2 N–H and O–H groups in total. The number of ether oxygens (including phenoxy) is 3. The van der Waals surface area contributed by atoms with Crippen molar-refractivity contribution in [1.82, 2.24) is 19.9 Å². The molecule has 134 valence electrons. The second-order valence-electron chi connectivity index (χ2n) is 5.02. The number of nitrogens with zero attached hydrogens (tertiary/aromatic N) is 4. The van der Waals surface area contributed by atoms with Crippen molar-refractivity contribution in [3.05, 3.63) is 43.0 Å². The molecule has 0 saturated heterocycles. The van der Waals surface area contributed by atoms with Gasteiger partial charge in [0.15, 0.2) is 11.5 Å². The van der Waals surface area contributed by atoms with Gasteiger partial charge in [-0.05, 0) is 6.07 Å². The second kappa shape index (κ2) is 7.97. The van der Waals surface area contributed by atoms with E-state index in [1.807, 2.05) is 0 Å². The molecule has 0 aliphatic rings. The predicted octanol–water partition coefficient (Wildman–Crippen LogP) is 2.78. The summed E-state index contributed by atoms with van der Waals surface area (Å²) in [6.45, 7) is 0. The minimum atomic E-state index is 0.449. The standard InChI is InChI=1S/C17H18N6O3/c1-24-12-7-11(8-13(25-2)16(12)26-3)22-14-9-15(21-10-20-14)23-17-18-5-4-6-19-17/h4-10H,1-3H3,(H2,18,19,20,21,22,23). The molecule has 0 atom stereocenters. The smallest absolute Gasteiger partial charge is 0.228 e. The largest absolute Gasteiger partial charge is 0.493 e. The highest BCUT2D eigenvalue weighted by Gasteiger charge is 2.13. The molecule has 2 aromatic heterocycles. The van der Waals surface area contributed by atoms with Gasteiger partial charge in [0.05, 0.1) is 21.3 Å². The van der Waals surface area contributed by atoms with Crippen LogP contribution in [-0.4, -0.2) is 41.3 Å². The lowest BCUT2D eigenvalue weighted by Gasteiger charge is -2.15. The molecule has 3 rings (SSSR count). The summed E-state index contributed by atoms with van der Waals surface area (Å²) in [4.78, 5) is 16.6. The van der Waals surface area contributed by atoms with Gasteiger partial charge >= 0.3 is 0 Å². The third-order valence-corrected chi connectivity index (χ3v) is 3.41. The molecule has 0 fully saturated rings. The molecule has 0 unspecified atom stereocenters. The molecular formula is C17H18N6O3. The first kappa shape index (κ1) is 17.2. The number of aromatic nitrogens is 4. The number of benzene rings is 1. The summed E-state index contributed by atoms with van der Waals surface area (Å²) in [6, 6.07) is 7.05. The molecule has 0 spiro atoms. The Morgan fingerprint density at radius 1 is 0.731 bits per heavy atom. The first-order chi connectivity index (χ1) is 12.7. The number of anilines is 4. The summed E-state index contributed by atoms with van der Waals surface area (Å²) < 4.78 is 16.0. The lowest BCUT2D eigenvalue weighted by molar-refractivity contribution is 0.324. The topological polar surface area (TPSA) is 103 Å². The van der Waals surface area contributed by atoms with Crippen LogP contribution in [0, 0.1) is 0 Å². The minimum Gasteiger partial charge on any atom is -0.493 e. The summed E-state index contributed by atoms with van der Waals surface area (Å²) in [7, 11) is 4.68. The Morgan fingerprint density at radius 2 is 1.35 bits per heavy atom. The van der Waals surface area contributed by atoms with Gasteiger partial charge in [-0.2, -0.15) is 0 Å². The van der Waals surface area contributed by atoms with E-state index in [1.54, 1.807) is 58.0 Å². The van der Waals surface area contributed by atoms with Crippen LogP contribution in [0.4, 0.5) is 23.3 Å². The maximum Gasteiger partial charge on any atom is 0.228 e. The lowest BCUT2D eigenvalue weighted by Crippen LogP contribution is -2.01. The van der Waals surface area contributed by atoms with Crippen molar-refractivity contribution in [2.75, 3.05) is 32.0 Å². The molecule has 3 aromatic rings. The van der Waals surface area contributed by atoms with Crippen molar-refractivity contribution in [3.8, 4) is 17.2 Å². The van der Waals surface area contributed by atoms with Crippen LogP contribution < -0.4 is 24.8 Å². The fourth-order valence-corrected chi connectivity index (χ4v) is 2.27. The number of rotatable bonds is 7. The van der Waals surface area contributed by atoms with Gasteiger partial charge in [-0.15, -0.1) is 0 Å². The van der Waals surface area contributed by atoms with Crippen LogP contribution in [0.3, 0.4) is 0 Å². The summed E-state index contributed by atoms with van der Waals surface area (Å²) in [5, 5.41) is 6.19. The molecule has 0 amide bonds. The first-order valence-corrected chi connectivity index (χ1v) is 7.66. The molecule has 0 aliphatic heterocycles. The Kier molecular flexibility index (Phi) is 5.28. The average Bonchev–Trinajstić information content (AvgIpc) is 2.68. The minimum absolute atomic E-state index is 0.449. The molecule has 9 heteroatoms. The molecule has 1 aromatic carbocycles. The van der Waals surface area contributed by atoms with Gasteiger partial charge in [0.25, 0.3) is 0 Å². The van der Waals surface area contributed by atoms with Crippen LogP contribution in [0.2, 0.25) is 0 Å². The van der Waals surface area contributed by atoms with Crippen molar-refractivity contribution < 1.29 is 14.2 Å². The highest BCUT2D eigenvalue weighted by molar-refractivity contribution is 5.67. The molecule has 0 saturated carbocycles. The van der Waals surface area contributed by atoms with E-state index in [-0.39, 0.29) is 0 Å². The van der Waals surface area contributed by atoms with Crippen molar-refractivity contribution in [2.45, 2.75) is 0 Å². The maximum atomic E-state index is 5.35. The Labute approximate surface area is 150 Å². The van der Waals surface area contributed by atoms with Crippen LogP contribution in [-0.2, 0) is 0 Å². The van der Waals surface area contributed by atoms with E-state index in [0.717, 1.165) is 5.69 Å². The SMILES string of the molecule is COc1cc(Nc2cc(Nc3ncccn3)ncn2)cc(OC)c1OC. The lowest BCUT2D eigenvalue weighted by atomic mass is 10.2. The van der Waals surface area contributed by atoms with E-state index in [9.17, 15) is 0 Å². The van der Waals surface area contributed by atoms with Crippen LogP contribution in [0.1, 0.15) is 0 Å². The van der Waals surface area contributed by atoms with Crippen LogP contribution >= 0.6 is 0 Å². The van der Waals surface area contributed by atoms with Crippen LogP contribution in [0.5, 0.6) is 17.2 Å². The van der Waals surface area contributed by atoms with Crippen LogP contribution in [0.15, 0.2) is 43.0 Å². The highest BCUT2D eigenvalue weighted by atomic mass is 16.5. The predicted molar refractivity (Wildman–Crippen MR) is 96.7 cm³/mol. The van der Waals surface area contributed by atoms with Gasteiger partial charge in [-0.25, -0.2) is 19.9 Å². The summed E-state index contributed by atoms with van der Waals surface area (Å²) in [6.07, 6.45) is 4.72. The Bertz CT molecular complexity index is 850. The van der Waals surface area contributed by atoms with E-state index < -0.39 is 0 Å². The summed E-state index contributed by atoms with van der Waals surface area (Å²) >= 11 is 0. The Balaban J connectivity index is 1.84. The van der Waals surface area contributed by atoms with Gasteiger partial charge in [-0.1, -0.05) is 0 Å². The van der Waals surface area contributed by atoms with E-state index in [0.29, 0.717) is 34.8 Å². The highest BCUT2D eigenvalue weighted by Crippen LogP contribution is 2.40. The molecule has 0 bridgehead atoms. The number of hydrogen-bond acceptors (Lipinski definition) is 9. The molecule has 0 radical (unpaired) electrons. The Hall–Kier alpha value is -3.62. The van der Waals surface area contributed by atoms with E-state index in [4.69, 9.17) is 14.2 Å². The number of methoxy groups -OCH3 is 3. The quantitative estimate of drug-likeness (QED) is 0.663. The first-order valence-electron chi connectivity index (χ1n) is 7.66. The zero-order chi connectivity index (χ0) is 18.4.